The fourth-order valence-electron chi connectivity index (χ4n) is 1.50. The lowest BCUT2D eigenvalue weighted by atomic mass is 10.1. The highest BCUT2D eigenvalue weighted by atomic mass is 16.3. The molecule has 1 aromatic rings. The number of rotatable bonds is 6. The van der Waals surface area contributed by atoms with Crippen LogP contribution in [0, 0.1) is 5.92 Å². The molecule has 102 valence electrons. The van der Waals surface area contributed by atoms with E-state index in [1.807, 2.05) is 19.9 Å². The zero-order valence-corrected chi connectivity index (χ0v) is 11.5. The molecule has 0 aliphatic rings. The fraction of sp³-hybridized carbons (Fsp3) is 0.615. The van der Waals surface area contributed by atoms with Crippen molar-refractivity contribution in [1.82, 2.24) is 15.2 Å². The van der Waals surface area contributed by atoms with Gasteiger partial charge in [0.1, 0.15) is 5.69 Å². The summed E-state index contributed by atoms with van der Waals surface area (Å²) >= 11 is 0. The maximum atomic E-state index is 11.7. The summed E-state index contributed by atoms with van der Waals surface area (Å²) in [5, 5.41) is 12.8. The molecule has 5 heteroatoms. The molecule has 0 aliphatic heterocycles. The van der Waals surface area contributed by atoms with Gasteiger partial charge < -0.3 is 20.3 Å². The molecular formula is C13H23N3O2. The smallest absolute Gasteiger partial charge is 0.269 e. The van der Waals surface area contributed by atoms with Crippen molar-refractivity contribution >= 4 is 5.91 Å². The van der Waals surface area contributed by atoms with Gasteiger partial charge in [0.2, 0.25) is 0 Å². The van der Waals surface area contributed by atoms with Crippen LogP contribution < -0.4 is 5.32 Å². The molecule has 0 saturated carbocycles. The van der Waals surface area contributed by atoms with E-state index in [1.165, 1.54) is 4.90 Å². The molecule has 1 rings (SSSR count). The first-order chi connectivity index (χ1) is 8.41. The minimum atomic E-state index is -0.345. The van der Waals surface area contributed by atoms with Crippen molar-refractivity contribution in [2.45, 2.75) is 26.5 Å². The number of carbonyl (C=O) groups is 1. The maximum absolute atomic E-state index is 11.7. The van der Waals surface area contributed by atoms with E-state index in [9.17, 15) is 9.90 Å². The van der Waals surface area contributed by atoms with Crippen molar-refractivity contribution in [3.8, 4) is 0 Å². The van der Waals surface area contributed by atoms with E-state index in [0.29, 0.717) is 18.8 Å². The van der Waals surface area contributed by atoms with Crippen LogP contribution in [0.3, 0.4) is 0 Å². The normalized spacial score (nSPS) is 12.8. The van der Waals surface area contributed by atoms with Crippen molar-refractivity contribution in [3.05, 3.63) is 23.5 Å². The van der Waals surface area contributed by atoms with Gasteiger partial charge in [-0.1, -0.05) is 13.8 Å². The molecular weight excluding hydrogens is 230 g/mol. The molecule has 1 heterocycles. The molecule has 1 amide bonds. The topological polar surface area (TPSA) is 68.4 Å². The number of nitrogens with zero attached hydrogens (tertiary/aromatic N) is 1. The lowest BCUT2D eigenvalue weighted by Crippen LogP contribution is -2.30. The quantitative estimate of drug-likeness (QED) is 0.703. The molecule has 0 radical (unpaired) electrons. The van der Waals surface area contributed by atoms with Crippen molar-refractivity contribution in [2.75, 3.05) is 20.6 Å². The monoisotopic (exact) mass is 253 g/mol. The maximum Gasteiger partial charge on any atom is 0.269 e. The first kappa shape index (κ1) is 14.7. The second kappa shape index (κ2) is 6.56. The van der Waals surface area contributed by atoms with Crippen molar-refractivity contribution < 1.29 is 9.90 Å². The third kappa shape index (κ3) is 4.16. The molecule has 18 heavy (non-hydrogen) atoms. The van der Waals surface area contributed by atoms with Crippen LogP contribution in [0.5, 0.6) is 0 Å². The summed E-state index contributed by atoms with van der Waals surface area (Å²) in [7, 11) is 3.44. The van der Waals surface area contributed by atoms with Crippen LogP contribution in [-0.4, -0.2) is 47.6 Å². The third-order valence-electron chi connectivity index (χ3n) is 2.82. The molecule has 0 saturated heterocycles. The number of hydrogen-bond donors (Lipinski definition) is 3. The summed E-state index contributed by atoms with van der Waals surface area (Å²) in [4.78, 5) is 16.3. The van der Waals surface area contributed by atoms with Gasteiger partial charge in [0, 0.05) is 32.9 Å². The van der Waals surface area contributed by atoms with Crippen molar-refractivity contribution in [2.24, 2.45) is 5.92 Å². The van der Waals surface area contributed by atoms with E-state index in [4.69, 9.17) is 0 Å². The van der Waals surface area contributed by atoms with E-state index in [0.717, 1.165) is 5.69 Å². The van der Waals surface area contributed by atoms with E-state index in [1.54, 1.807) is 20.2 Å². The zero-order valence-electron chi connectivity index (χ0n) is 11.5. The van der Waals surface area contributed by atoms with Gasteiger partial charge in [0.25, 0.3) is 5.91 Å². The number of amides is 1. The Bertz CT molecular complexity index is 385. The Labute approximate surface area is 108 Å². The van der Waals surface area contributed by atoms with Gasteiger partial charge >= 0.3 is 0 Å². The molecule has 0 bridgehead atoms. The molecule has 1 atom stereocenters. The van der Waals surface area contributed by atoms with Crippen LogP contribution >= 0.6 is 0 Å². The van der Waals surface area contributed by atoms with E-state index >= 15 is 0 Å². The average Bonchev–Trinajstić information content (AvgIpc) is 2.76. The summed E-state index contributed by atoms with van der Waals surface area (Å²) in [5.41, 5.74) is 1.53. The van der Waals surface area contributed by atoms with E-state index < -0.39 is 0 Å². The van der Waals surface area contributed by atoms with Gasteiger partial charge in [-0.2, -0.15) is 0 Å². The minimum absolute atomic E-state index is 0.0385. The summed E-state index contributed by atoms with van der Waals surface area (Å²) in [5.74, 6) is 0.204. The highest BCUT2D eigenvalue weighted by Crippen LogP contribution is 2.04. The van der Waals surface area contributed by atoms with Crippen LogP contribution in [0.1, 0.15) is 30.0 Å². The molecule has 0 aromatic carbocycles. The Balaban J connectivity index is 2.43. The Hall–Kier alpha value is -1.33. The Morgan fingerprint density at radius 3 is 2.67 bits per heavy atom. The van der Waals surface area contributed by atoms with Crippen LogP contribution in [0.4, 0.5) is 0 Å². The van der Waals surface area contributed by atoms with Gasteiger partial charge in [0.15, 0.2) is 0 Å². The second-order valence-electron chi connectivity index (χ2n) is 5.04. The molecule has 0 spiro atoms. The first-order valence-corrected chi connectivity index (χ1v) is 6.20. The number of aliphatic hydroxyl groups is 1. The first-order valence-electron chi connectivity index (χ1n) is 6.20. The molecule has 1 aromatic heterocycles. The molecule has 0 aliphatic carbocycles. The van der Waals surface area contributed by atoms with Gasteiger partial charge in [-0.05, 0) is 18.1 Å². The van der Waals surface area contributed by atoms with Gasteiger partial charge in [-0.15, -0.1) is 0 Å². The third-order valence-corrected chi connectivity index (χ3v) is 2.82. The highest BCUT2D eigenvalue weighted by Gasteiger charge is 2.11. The number of aromatic nitrogens is 1. The Morgan fingerprint density at radius 2 is 2.11 bits per heavy atom. The predicted octanol–water partition coefficient (Wildman–Crippen LogP) is 0.823. The van der Waals surface area contributed by atoms with E-state index in [2.05, 4.69) is 10.3 Å². The summed E-state index contributed by atoms with van der Waals surface area (Å²) in [6.07, 6.45) is -0.345. The molecule has 1 unspecified atom stereocenters. The van der Waals surface area contributed by atoms with Crippen LogP contribution in [0.25, 0.3) is 0 Å². The Morgan fingerprint density at radius 1 is 1.44 bits per heavy atom. The number of carbonyl (C=O) groups excluding carboxylic acids is 1. The number of aromatic amines is 1. The standard InChI is InChI=1S/C13H23N3O2/c1-9(2)12(17)8-14-7-10-5-6-11(15-10)13(18)16(3)4/h5-6,9,12,14-15,17H,7-8H2,1-4H3. The molecule has 0 fully saturated rings. The van der Waals surface area contributed by atoms with Crippen molar-refractivity contribution in [3.63, 3.8) is 0 Å². The predicted molar refractivity (Wildman–Crippen MR) is 71.4 cm³/mol. The summed E-state index contributed by atoms with van der Waals surface area (Å²) in [6, 6.07) is 3.66. The Kier molecular flexibility index (Phi) is 5.37. The molecule has 3 N–H and O–H groups in total. The van der Waals surface area contributed by atoms with Gasteiger partial charge in [-0.25, -0.2) is 0 Å². The minimum Gasteiger partial charge on any atom is -0.392 e. The number of aliphatic hydroxyl groups excluding tert-OH is 1. The highest BCUT2D eigenvalue weighted by molar-refractivity contribution is 5.92. The van der Waals surface area contributed by atoms with Gasteiger partial charge in [-0.3, -0.25) is 4.79 Å². The fourth-order valence-corrected chi connectivity index (χ4v) is 1.50. The average molecular weight is 253 g/mol. The largest absolute Gasteiger partial charge is 0.392 e. The lowest BCUT2D eigenvalue weighted by Gasteiger charge is -2.14. The second-order valence-corrected chi connectivity index (χ2v) is 5.04. The number of nitrogens with one attached hydrogen (secondary N) is 2. The van der Waals surface area contributed by atoms with Crippen LogP contribution in [0.15, 0.2) is 12.1 Å². The van der Waals surface area contributed by atoms with Crippen LogP contribution in [0.2, 0.25) is 0 Å². The number of H-pyrrole nitrogens is 1. The van der Waals surface area contributed by atoms with Gasteiger partial charge in [0.05, 0.1) is 6.10 Å². The van der Waals surface area contributed by atoms with Crippen molar-refractivity contribution in [1.29, 1.82) is 0 Å². The summed E-state index contributed by atoms with van der Waals surface area (Å²) in [6.45, 7) is 5.13. The lowest BCUT2D eigenvalue weighted by molar-refractivity contribution is 0.0822. The number of hydrogen-bond acceptors (Lipinski definition) is 3. The SMILES string of the molecule is CC(C)C(O)CNCc1ccc(C(=O)N(C)C)[nH]1. The molecule has 5 nitrogen and oxygen atoms in total. The zero-order chi connectivity index (χ0) is 13.7. The van der Waals surface area contributed by atoms with E-state index in [-0.39, 0.29) is 17.9 Å². The van der Waals surface area contributed by atoms with Crippen LogP contribution in [-0.2, 0) is 6.54 Å². The summed E-state index contributed by atoms with van der Waals surface area (Å²) < 4.78 is 0.